The van der Waals surface area contributed by atoms with Crippen LogP contribution in [0.3, 0.4) is 0 Å². The van der Waals surface area contributed by atoms with Gasteiger partial charge in [-0.25, -0.2) is 4.99 Å². The topological polar surface area (TPSA) is 75.1 Å². The van der Waals surface area contributed by atoms with E-state index in [2.05, 4.69) is 42.7 Å². The molecule has 0 radical (unpaired) electrons. The lowest BCUT2D eigenvalue weighted by atomic mass is 9.77. The molecule has 2 heterocycles. The minimum atomic E-state index is -0.283. The molecular formula is C29H43N3O3. The maximum absolute atomic E-state index is 10.6. The molecule has 35 heavy (non-hydrogen) atoms. The van der Waals surface area contributed by atoms with Crippen LogP contribution in [0, 0.1) is 17.8 Å². The first-order valence-corrected chi connectivity index (χ1v) is 14.0. The highest BCUT2D eigenvalue weighted by Gasteiger charge is 2.47. The molecule has 0 saturated carbocycles. The Hall–Kier alpha value is -2.05. The molecule has 5 aliphatic rings. The van der Waals surface area contributed by atoms with E-state index in [4.69, 9.17) is 14.5 Å². The number of nitrogens with zero attached hydrogens (tertiary/aromatic N) is 1. The normalized spacial score (nSPS) is 35.0. The van der Waals surface area contributed by atoms with Gasteiger partial charge in [-0.3, -0.25) is 5.32 Å². The second-order valence-electron chi connectivity index (χ2n) is 10.8. The number of rotatable bonds is 8. The molecule has 3 N–H and O–H groups in total. The minimum Gasteiger partial charge on any atom is -0.508 e. The van der Waals surface area contributed by atoms with Gasteiger partial charge in [-0.1, -0.05) is 57.4 Å². The molecule has 0 aromatic rings. The number of fused-ring (bicyclic) bond motifs is 3. The summed E-state index contributed by atoms with van der Waals surface area (Å²) >= 11 is 0. The number of aliphatic hydroxyl groups excluding tert-OH is 1. The van der Waals surface area contributed by atoms with Crippen molar-refractivity contribution in [3.05, 3.63) is 47.3 Å². The van der Waals surface area contributed by atoms with E-state index in [1.54, 1.807) is 0 Å². The number of aliphatic imine (C=N–C) groups is 1. The second kappa shape index (κ2) is 11.3. The van der Waals surface area contributed by atoms with E-state index in [0.29, 0.717) is 30.2 Å². The highest BCUT2D eigenvalue weighted by Crippen LogP contribution is 2.45. The summed E-state index contributed by atoms with van der Waals surface area (Å²) in [7, 11) is 0. The zero-order valence-corrected chi connectivity index (χ0v) is 21.4. The van der Waals surface area contributed by atoms with Crippen molar-refractivity contribution in [2.45, 2.75) is 103 Å². The van der Waals surface area contributed by atoms with Gasteiger partial charge < -0.3 is 19.9 Å². The third-order valence-corrected chi connectivity index (χ3v) is 8.50. The predicted molar refractivity (Wildman–Crippen MR) is 140 cm³/mol. The van der Waals surface area contributed by atoms with E-state index in [0.717, 1.165) is 44.1 Å². The lowest BCUT2D eigenvalue weighted by molar-refractivity contribution is 0.0109. The first kappa shape index (κ1) is 24.6. The molecule has 1 saturated heterocycles. The molecule has 5 rings (SSSR count). The van der Waals surface area contributed by atoms with Gasteiger partial charge in [-0.05, 0) is 62.5 Å². The smallest absolute Gasteiger partial charge is 0.287 e. The Morgan fingerprint density at radius 2 is 2.11 bits per heavy atom. The van der Waals surface area contributed by atoms with Gasteiger partial charge in [0.2, 0.25) is 0 Å². The van der Waals surface area contributed by atoms with Crippen molar-refractivity contribution < 1.29 is 14.6 Å². The molecule has 3 aliphatic carbocycles. The Morgan fingerprint density at radius 3 is 2.94 bits per heavy atom. The third-order valence-electron chi connectivity index (χ3n) is 8.50. The van der Waals surface area contributed by atoms with Gasteiger partial charge in [0, 0.05) is 17.4 Å². The van der Waals surface area contributed by atoms with Crippen LogP contribution < -0.4 is 10.6 Å². The molecule has 0 amide bonds. The van der Waals surface area contributed by atoms with Crippen molar-refractivity contribution in [3.63, 3.8) is 0 Å². The van der Waals surface area contributed by atoms with E-state index in [9.17, 15) is 5.11 Å². The maximum atomic E-state index is 10.6. The molecule has 0 aromatic carbocycles. The summed E-state index contributed by atoms with van der Waals surface area (Å²) in [6, 6.07) is 0.606. The first-order chi connectivity index (χ1) is 17.2. The molecule has 7 unspecified atom stereocenters. The number of allylic oxidation sites excluding steroid dienone is 4. The summed E-state index contributed by atoms with van der Waals surface area (Å²) in [5, 5.41) is 18.0. The molecule has 0 aromatic heterocycles. The van der Waals surface area contributed by atoms with Gasteiger partial charge in [0.1, 0.15) is 11.9 Å². The van der Waals surface area contributed by atoms with E-state index in [1.165, 1.54) is 31.3 Å². The van der Waals surface area contributed by atoms with Crippen LogP contribution in [0.15, 0.2) is 52.3 Å². The standard InChI is InChI=1S/C29H43N3O3/c1-3-5-11-19(4-2)18-34-29-31-27(22-13-6-8-16-24(22)33)30-28(32-29)23-15-10-14-21-20-12-7-9-17-25(20)35-26(21)23/h8-9,14,16-17,19-20,23,25-28,30,33H,3-7,10-13,15,18H2,1-2H3,(H,31,32). The van der Waals surface area contributed by atoms with Gasteiger partial charge in [-0.2, -0.15) is 0 Å². The average molecular weight is 482 g/mol. The van der Waals surface area contributed by atoms with Crippen molar-refractivity contribution in [1.29, 1.82) is 0 Å². The molecule has 6 nitrogen and oxygen atoms in total. The van der Waals surface area contributed by atoms with E-state index < -0.39 is 0 Å². The Kier molecular flexibility index (Phi) is 7.98. The van der Waals surface area contributed by atoms with Crippen molar-refractivity contribution in [2.24, 2.45) is 22.7 Å². The highest BCUT2D eigenvalue weighted by atomic mass is 16.5. The number of hydrogen-bond donors (Lipinski definition) is 3. The maximum Gasteiger partial charge on any atom is 0.287 e. The number of hydrogen-bond acceptors (Lipinski definition) is 6. The van der Waals surface area contributed by atoms with Crippen LogP contribution in [0.2, 0.25) is 0 Å². The molecule has 6 heteroatoms. The van der Waals surface area contributed by atoms with Gasteiger partial charge in [0.15, 0.2) is 0 Å². The summed E-state index contributed by atoms with van der Waals surface area (Å²) in [4.78, 5) is 4.90. The fourth-order valence-electron chi connectivity index (χ4n) is 6.38. The van der Waals surface area contributed by atoms with E-state index >= 15 is 0 Å². The monoisotopic (exact) mass is 481 g/mol. The second-order valence-corrected chi connectivity index (χ2v) is 10.8. The lowest BCUT2D eigenvalue weighted by Crippen LogP contribution is -2.61. The number of ether oxygens (including phenoxy) is 2. The quantitative estimate of drug-likeness (QED) is 0.391. The van der Waals surface area contributed by atoms with Crippen LogP contribution in [-0.2, 0) is 9.47 Å². The number of nitrogens with one attached hydrogen (secondary N) is 2. The van der Waals surface area contributed by atoms with Crippen LogP contribution in [0.1, 0.15) is 78.1 Å². The summed E-state index contributed by atoms with van der Waals surface area (Å²) in [5.41, 5.74) is 2.45. The summed E-state index contributed by atoms with van der Waals surface area (Å²) in [6.07, 6.45) is 21.8. The van der Waals surface area contributed by atoms with Gasteiger partial charge in [0.05, 0.1) is 25.0 Å². The van der Waals surface area contributed by atoms with Gasteiger partial charge in [-0.15, -0.1) is 0 Å². The predicted octanol–water partition coefficient (Wildman–Crippen LogP) is 5.65. The third kappa shape index (κ3) is 5.39. The first-order valence-electron chi connectivity index (χ1n) is 14.0. The fraction of sp³-hybridized carbons (Fsp3) is 0.690. The Bertz CT molecular complexity index is 905. The molecule has 0 spiro atoms. The Balaban J connectivity index is 1.35. The Labute approximate surface area is 210 Å². The van der Waals surface area contributed by atoms with Crippen molar-refractivity contribution in [3.8, 4) is 0 Å². The van der Waals surface area contributed by atoms with Crippen molar-refractivity contribution in [1.82, 2.24) is 10.6 Å². The van der Waals surface area contributed by atoms with Crippen molar-refractivity contribution in [2.75, 3.05) is 6.61 Å². The lowest BCUT2D eigenvalue weighted by Gasteiger charge is -2.40. The molecule has 7 atom stereocenters. The van der Waals surface area contributed by atoms with Crippen molar-refractivity contribution >= 4 is 6.02 Å². The molecule has 0 bridgehead atoms. The molecular weight excluding hydrogens is 438 g/mol. The summed E-state index contributed by atoms with van der Waals surface area (Å²) in [6.45, 7) is 5.16. The van der Waals surface area contributed by atoms with Crippen LogP contribution in [0.25, 0.3) is 0 Å². The average Bonchev–Trinajstić information content (AvgIpc) is 3.28. The van der Waals surface area contributed by atoms with Crippen LogP contribution in [-0.4, -0.2) is 42.3 Å². The number of aliphatic hydroxyl groups is 1. The minimum absolute atomic E-state index is 0.0211. The van der Waals surface area contributed by atoms with Crippen LogP contribution >= 0.6 is 0 Å². The molecule has 192 valence electrons. The number of amidine groups is 1. The Morgan fingerprint density at radius 1 is 1.20 bits per heavy atom. The van der Waals surface area contributed by atoms with Gasteiger partial charge >= 0.3 is 0 Å². The summed E-state index contributed by atoms with van der Waals surface area (Å²) < 4.78 is 13.0. The van der Waals surface area contributed by atoms with Crippen LogP contribution in [0.4, 0.5) is 0 Å². The fourth-order valence-corrected chi connectivity index (χ4v) is 6.38. The highest BCUT2D eigenvalue weighted by molar-refractivity contribution is 5.75. The summed E-state index contributed by atoms with van der Waals surface area (Å²) in [5.74, 6) is 1.68. The molecule has 1 fully saturated rings. The van der Waals surface area contributed by atoms with Crippen LogP contribution in [0.5, 0.6) is 0 Å². The van der Waals surface area contributed by atoms with E-state index in [-0.39, 0.29) is 30.5 Å². The molecule has 2 aliphatic heterocycles. The zero-order valence-electron chi connectivity index (χ0n) is 21.4. The number of unbranched alkanes of at least 4 members (excludes halogenated alkanes) is 1. The SMILES string of the molecule is CCCCC(CC)COC1=NC(C2=C(O)C=CCC2)NC(C2CCC=C3C4CCC=CC4OC32)N1. The zero-order chi connectivity index (χ0) is 24.2. The largest absolute Gasteiger partial charge is 0.508 e. The van der Waals surface area contributed by atoms with Gasteiger partial charge in [0.25, 0.3) is 6.02 Å². The van der Waals surface area contributed by atoms with E-state index in [1.807, 2.05) is 12.2 Å².